The number of piperidine rings is 1. The van der Waals surface area contributed by atoms with Crippen LogP contribution in [0, 0.1) is 5.92 Å². The van der Waals surface area contributed by atoms with Crippen molar-refractivity contribution < 1.29 is 5.11 Å². The lowest BCUT2D eigenvalue weighted by Crippen LogP contribution is -2.46. The number of hydrogen-bond acceptors (Lipinski definition) is 4. The maximum absolute atomic E-state index is 10.6. The lowest BCUT2D eigenvalue weighted by atomic mass is 9.81. The number of aliphatic hydroxyl groups is 1. The normalized spacial score (nSPS) is 24.5. The van der Waals surface area contributed by atoms with Crippen LogP contribution in [0.3, 0.4) is 0 Å². The van der Waals surface area contributed by atoms with Gasteiger partial charge in [0.1, 0.15) is 12.2 Å². The predicted molar refractivity (Wildman–Crippen MR) is 65.6 cm³/mol. The molecule has 1 saturated heterocycles. The zero-order valence-electron chi connectivity index (χ0n) is 10.7. The molecule has 0 bridgehead atoms. The Balaban J connectivity index is 2.05. The lowest BCUT2D eigenvalue weighted by Gasteiger charge is -2.35. The summed E-state index contributed by atoms with van der Waals surface area (Å²) in [6, 6.07) is 0. The van der Waals surface area contributed by atoms with Crippen LogP contribution in [-0.4, -0.2) is 38.6 Å². The molecule has 1 fully saturated rings. The fraction of sp³-hybridized carbons (Fsp3) is 0.833. The van der Waals surface area contributed by atoms with Gasteiger partial charge in [0.2, 0.25) is 0 Å². The zero-order chi connectivity index (χ0) is 12.3. The van der Waals surface area contributed by atoms with E-state index in [1.807, 2.05) is 18.5 Å². The molecule has 96 valence electrons. The van der Waals surface area contributed by atoms with Crippen LogP contribution >= 0.6 is 0 Å². The van der Waals surface area contributed by atoms with Crippen LogP contribution in [0.1, 0.15) is 32.5 Å². The minimum Gasteiger partial charge on any atom is -0.389 e. The van der Waals surface area contributed by atoms with Crippen molar-refractivity contribution >= 4 is 0 Å². The SMILES string of the molecule is CCn1ncnc1CC(C)(O)C1CCCNC1. The van der Waals surface area contributed by atoms with E-state index in [0.717, 1.165) is 38.3 Å². The van der Waals surface area contributed by atoms with Crippen molar-refractivity contribution in [1.29, 1.82) is 0 Å². The molecule has 17 heavy (non-hydrogen) atoms. The average Bonchev–Trinajstić information content (AvgIpc) is 2.77. The number of nitrogens with zero attached hydrogens (tertiary/aromatic N) is 3. The highest BCUT2D eigenvalue weighted by Crippen LogP contribution is 2.26. The second-order valence-electron chi connectivity index (χ2n) is 5.07. The maximum Gasteiger partial charge on any atom is 0.138 e. The molecule has 2 unspecified atom stereocenters. The van der Waals surface area contributed by atoms with Gasteiger partial charge in [-0.15, -0.1) is 0 Å². The van der Waals surface area contributed by atoms with Gasteiger partial charge in [-0.1, -0.05) is 0 Å². The number of hydrogen-bond donors (Lipinski definition) is 2. The van der Waals surface area contributed by atoms with E-state index in [9.17, 15) is 5.11 Å². The molecule has 2 heterocycles. The molecule has 0 aliphatic carbocycles. The summed E-state index contributed by atoms with van der Waals surface area (Å²) in [6.07, 6.45) is 4.36. The Morgan fingerprint density at radius 2 is 2.47 bits per heavy atom. The summed E-state index contributed by atoms with van der Waals surface area (Å²) in [5, 5.41) is 18.1. The molecule has 1 aromatic heterocycles. The van der Waals surface area contributed by atoms with Crippen LogP contribution in [0.2, 0.25) is 0 Å². The standard InChI is InChI=1S/C12H22N4O/c1-3-16-11(14-9-15-16)7-12(2,17)10-5-4-6-13-8-10/h9-10,13,17H,3-8H2,1-2H3. The average molecular weight is 238 g/mol. The number of nitrogens with one attached hydrogen (secondary N) is 1. The molecule has 2 atom stereocenters. The molecule has 0 radical (unpaired) electrons. The smallest absolute Gasteiger partial charge is 0.138 e. The molecule has 1 aromatic rings. The van der Waals surface area contributed by atoms with Crippen LogP contribution in [0.15, 0.2) is 6.33 Å². The first-order valence-corrected chi connectivity index (χ1v) is 6.43. The molecular formula is C12H22N4O. The van der Waals surface area contributed by atoms with Crippen molar-refractivity contribution in [3.05, 3.63) is 12.2 Å². The second kappa shape index (κ2) is 5.14. The highest BCUT2D eigenvalue weighted by Gasteiger charge is 2.34. The summed E-state index contributed by atoms with van der Waals surface area (Å²) in [7, 11) is 0. The van der Waals surface area contributed by atoms with Gasteiger partial charge < -0.3 is 10.4 Å². The molecule has 0 spiro atoms. The van der Waals surface area contributed by atoms with Crippen LogP contribution in [0.25, 0.3) is 0 Å². The third-order valence-corrected chi connectivity index (χ3v) is 3.69. The van der Waals surface area contributed by atoms with E-state index in [2.05, 4.69) is 15.4 Å². The van der Waals surface area contributed by atoms with Gasteiger partial charge in [-0.05, 0) is 33.2 Å². The van der Waals surface area contributed by atoms with Crippen molar-refractivity contribution in [2.45, 2.75) is 45.3 Å². The minimum absolute atomic E-state index is 0.304. The van der Waals surface area contributed by atoms with E-state index < -0.39 is 5.60 Å². The molecule has 1 aliphatic rings. The molecule has 1 aliphatic heterocycles. The Morgan fingerprint density at radius 1 is 1.65 bits per heavy atom. The summed E-state index contributed by atoms with van der Waals surface area (Å²) in [4.78, 5) is 4.24. The predicted octanol–water partition coefficient (Wildman–Crippen LogP) is 0.591. The van der Waals surface area contributed by atoms with Crippen molar-refractivity contribution in [2.24, 2.45) is 5.92 Å². The van der Waals surface area contributed by atoms with Gasteiger partial charge in [-0.3, -0.25) is 4.68 Å². The summed E-state index contributed by atoms with van der Waals surface area (Å²) >= 11 is 0. The quantitative estimate of drug-likeness (QED) is 0.806. The molecule has 5 nitrogen and oxygen atoms in total. The van der Waals surface area contributed by atoms with Gasteiger partial charge in [-0.25, -0.2) is 4.98 Å². The van der Waals surface area contributed by atoms with Crippen LogP contribution in [0.5, 0.6) is 0 Å². The fourth-order valence-corrected chi connectivity index (χ4v) is 2.54. The molecule has 0 amide bonds. The summed E-state index contributed by atoms with van der Waals surface area (Å²) in [6.45, 7) is 6.72. The van der Waals surface area contributed by atoms with Crippen molar-refractivity contribution in [1.82, 2.24) is 20.1 Å². The van der Waals surface area contributed by atoms with Crippen molar-refractivity contribution in [3.63, 3.8) is 0 Å². The van der Waals surface area contributed by atoms with Crippen LogP contribution in [-0.2, 0) is 13.0 Å². The number of aryl methyl sites for hydroxylation is 1. The summed E-state index contributed by atoms with van der Waals surface area (Å²) in [5.41, 5.74) is -0.701. The van der Waals surface area contributed by atoms with Crippen LogP contribution < -0.4 is 5.32 Å². The molecule has 2 rings (SSSR count). The van der Waals surface area contributed by atoms with E-state index in [0.29, 0.717) is 12.3 Å². The Bertz CT molecular complexity index is 355. The molecule has 2 N–H and O–H groups in total. The van der Waals surface area contributed by atoms with E-state index >= 15 is 0 Å². The Morgan fingerprint density at radius 3 is 3.12 bits per heavy atom. The van der Waals surface area contributed by atoms with E-state index in [4.69, 9.17) is 0 Å². The fourth-order valence-electron chi connectivity index (χ4n) is 2.54. The summed E-state index contributed by atoms with van der Waals surface area (Å²) < 4.78 is 1.85. The third kappa shape index (κ3) is 2.84. The Hall–Kier alpha value is -0.940. The van der Waals surface area contributed by atoms with Gasteiger partial charge in [-0.2, -0.15) is 5.10 Å². The van der Waals surface area contributed by atoms with Crippen LogP contribution in [0.4, 0.5) is 0 Å². The summed E-state index contributed by atoms with van der Waals surface area (Å²) in [5.74, 6) is 1.18. The highest BCUT2D eigenvalue weighted by molar-refractivity contribution is 4.97. The first kappa shape index (κ1) is 12.5. The highest BCUT2D eigenvalue weighted by atomic mass is 16.3. The maximum atomic E-state index is 10.6. The topological polar surface area (TPSA) is 63.0 Å². The first-order valence-electron chi connectivity index (χ1n) is 6.43. The first-order chi connectivity index (χ1) is 8.13. The monoisotopic (exact) mass is 238 g/mol. The van der Waals surface area contributed by atoms with E-state index in [1.54, 1.807) is 6.33 Å². The lowest BCUT2D eigenvalue weighted by molar-refractivity contribution is -0.0125. The van der Waals surface area contributed by atoms with E-state index in [1.165, 1.54) is 0 Å². The van der Waals surface area contributed by atoms with Gasteiger partial charge >= 0.3 is 0 Å². The number of rotatable bonds is 4. The third-order valence-electron chi connectivity index (χ3n) is 3.69. The largest absolute Gasteiger partial charge is 0.389 e. The number of aromatic nitrogens is 3. The molecule has 0 aromatic carbocycles. The van der Waals surface area contributed by atoms with Gasteiger partial charge in [0.05, 0.1) is 5.60 Å². The second-order valence-corrected chi connectivity index (χ2v) is 5.07. The van der Waals surface area contributed by atoms with Gasteiger partial charge in [0, 0.05) is 25.4 Å². The molecule has 0 saturated carbocycles. The van der Waals surface area contributed by atoms with Gasteiger partial charge in [0.25, 0.3) is 0 Å². The minimum atomic E-state index is -0.701. The van der Waals surface area contributed by atoms with E-state index in [-0.39, 0.29) is 0 Å². The molecular weight excluding hydrogens is 216 g/mol. The van der Waals surface area contributed by atoms with Crippen molar-refractivity contribution in [3.8, 4) is 0 Å². The van der Waals surface area contributed by atoms with Crippen molar-refractivity contribution in [2.75, 3.05) is 13.1 Å². The Labute approximate surface area is 102 Å². The van der Waals surface area contributed by atoms with Gasteiger partial charge in [0.15, 0.2) is 0 Å². The zero-order valence-corrected chi connectivity index (χ0v) is 10.7. The molecule has 5 heteroatoms. The Kier molecular flexibility index (Phi) is 3.79.